The van der Waals surface area contributed by atoms with Crippen LogP contribution in [0.3, 0.4) is 0 Å². The number of nitrogens with zero attached hydrogens (tertiary/aromatic N) is 2. The van der Waals surface area contributed by atoms with E-state index in [1.54, 1.807) is 19.1 Å². The molecule has 3 rings (SSSR count). The molecule has 1 aliphatic heterocycles. The van der Waals surface area contributed by atoms with E-state index >= 15 is 0 Å². The van der Waals surface area contributed by atoms with Crippen molar-refractivity contribution in [2.45, 2.75) is 26.3 Å². The quantitative estimate of drug-likeness (QED) is 0.765. The molecule has 20 heavy (non-hydrogen) atoms. The monoisotopic (exact) mass is 270 g/mol. The van der Waals surface area contributed by atoms with Crippen molar-refractivity contribution in [2.24, 2.45) is 0 Å². The number of carbonyl (C=O) groups is 2. The molecule has 3 amide bonds. The van der Waals surface area contributed by atoms with Crippen LogP contribution in [-0.2, 0) is 10.3 Å². The molecule has 1 aromatic heterocycles. The molecule has 1 aromatic carbocycles. The van der Waals surface area contributed by atoms with Crippen molar-refractivity contribution in [1.82, 2.24) is 20.6 Å². The van der Waals surface area contributed by atoms with Crippen LogP contribution in [0.2, 0.25) is 0 Å². The van der Waals surface area contributed by atoms with Crippen molar-refractivity contribution >= 4 is 23.0 Å². The molecule has 1 unspecified atom stereocenters. The van der Waals surface area contributed by atoms with E-state index in [1.807, 2.05) is 19.9 Å². The van der Waals surface area contributed by atoms with Crippen molar-refractivity contribution in [3.05, 3.63) is 35.2 Å². The Kier molecular flexibility index (Phi) is 2.50. The minimum absolute atomic E-state index is 0.362. The number of fused-ring (bicyclic) bond motifs is 1. The molecule has 6 heteroatoms. The van der Waals surface area contributed by atoms with Crippen molar-refractivity contribution in [3.63, 3.8) is 0 Å². The highest BCUT2D eigenvalue weighted by Gasteiger charge is 2.43. The highest BCUT2D eigenvalue weighted by Crippen LogP contribution is 2.26. The van der Waals surface area contributed by atoms with Crippen LogP contribution in [0.25, 0.3) is 11.0 Å². The summed E-state index contributed by atoms with van der Waals surface area (Å²) in [5, 5.41) is 4.89. The molecular weight excluding hydrogens is 256 g/mol. The van der Waals surface area contributed by atoms with Crippen molar-refractivity contribution < 1.29 is 9.59 Å². The van der Waals surface area contributed by atoms with E-state index in [4.69, 9.17) is 0 Å². The number of carbonyl (C=O) groups excluding carboxylic acids is 2. The highest BCUT2D eigenvalue weighted by atomic mass is 16.2. The SMILES string of the molecule is Cc1nc2ccc(C3(C)NC(=O)NC3=O)cc2nc1C. The van der Waals surface area contributed by atoms with Crippen LogP contribution in [0.4, 0.5) is 4.79 Å². The zero-order valence-electron chi connectivity index (χ0n) is 11.4. The number of rotatable bonds is 1. The van der Waals surface area contributed by atoms with Gasteiger partial charge < -0.3 is 5.32 Å². The lowest BCUT2D eigenvalue weighted by molar-refractivity contribution is -0.123. The van der Waals surface area contributed by atoms with Crippen molar-refractivity contribution in [3.8, 4) is 0 Å². The smallest absolute Gasteiger partial charge is 0.320 e. The third kappa shape index (κ3) is 1.72. The molecule has 2 N–H and O–H groups in total. The first-order valence-electron chi connectivity index (χ1n) is 6.29. The van der Waals surface area contributed by atoms with Crippen LogP contribution in [-0.4, -0.2) is 21.9 Å². The van der Waals surface area contributed by atoms with Crippen molar-refractivity contribution in [2.75, 3.05) is 0 Å². The fourth-order valence-corrected chi connectivity index (χ4v) is 2.29. The Morgan fingerprint density at radius 3 is 2.30 bits per heavy atom. The van der Waals surface area contributed by atoms with E-state index in [-0.39, 0.29) is 5.91 Å². The lowest BCUT2D eigenvalue weighted by Gasteiger charge is -2.21. The van der Waals surface area contributed by atoms with Gasteiger partial charge in [-0.3, -0.25) is 10.1 Å². The maximum atomic E-state index is 11.9. The summed E-state index contributed by atoms with van der Waals surface area (Å²) in [6, 6.07) is 4.91. The summed E-state index contributed by atoms with van der Waals surface area (Å²) in [6.07, 6.45) is 0. The third-order valence-electron chi connectivity index (χ3n) is 3.70. The van der Waals surface area contributed by atoms with Gasteiger partial charge in [-0.25, -0.2) is 14.8 Å². The van der Waals surface area contributed by atoms with E-state index < -0.39 is 11.6 Å². The van der Waals surface area contributed by atoms with Crippen LogP contribution >= 0.6 is 0 Å². The van der Waals surface area contributed by atoms with Gasteiger partial charge in [0.1, 0.15) is 5.54 Å². The van der Waals surface area contributed by atoms with Gasteiger partial charge in [0, 0.05) is 0 Å². The molecule has 0 bridgehead atoms. The number of aryl methyl sites for hydroxylation is 2. The first kappa shape index (κ1) is 12.5. The summed E-state index contributed by atoms with van der Waals surface area (Å²) in [5.74, 6) is -0.362. The van der Waals surface area contributed by atoms with Crippen molar-refractivity contribution in [1.29, 1.82) is 0 Å². The Labute approximate surface area is 115 Å². The average molecular weight is 270 g/mol. The molecule has 102 valence electrons. The first-order chi connectivity index (χ1) is 9.40. The Morgan fingerprint density at radius 2 is 1.70 bits per heavy atom. The number of benzene rings is 1. The number of amides is 3. The molecule has 1 fully saturated rings. The topological polar surface area (TPSA) is 84.0 Å². The second kappa shape index (κ2) is 4.00. The van der Waals surface area contributed by atoms with Gasteiger partial charge in [-0.05, 0) is 38.5 Å². The molecule has 0 aliphatic carbocycles. The molecule has 2 aromatic rings. The number of nitrogens with one attached hydrogen (secondary N) is 2. The largest absolute Gasteiger partial charge is 0.322 e. The lowest BCUT2D eigenvalue weighted by atomic mass is 9.92. The van der Waals surface area contributed by atoms with Gasteiger partial charge in [-0.2, -0.15) is 0 Å². The average Bonchev–Trinajstić information content (AvgIpc) is 2.65. The van der Waals surface area contributed by atoms with Gasteiger partial charge >= 0.3 is 6.03 Å². The maximum absolute atomic E-state index is 11.9. The van der Waals surface area contributed by atoms with Gasteiger partial charge in [0.25, 0.3) is 5.91 Å². The molecule has 0 saturated carbocycles. The summed E-state index contributed by atoms with van der Waals surface area (Å²) in [5.41, 5.74) is 2.83. The molecule has 0 radical (unpaired) electrons. The van der Waals surface area contributed by atoms with Crippen LogP contribution < -0.4 is 10.6 Å². The van der Waals surface area contributed by atoms with Crippen LogP contribution in [0, 0.1) is 13.8 Å². The van der Waals surface area contributed by atoms with Crippen LogP contribution in [0.1, 0.15) is 23.9 Å². The highest BCUT2D eigenvalue weighted by molar-refractivity contribution is 6.07. The Hall–Kier alpha value is -2.50. The summed E-state index contributed by atoms with van der Waals surface area (Å²) in [4.78, 5) is 32.2. The summed E-state index contributed by atoms with van der Waals surface area (Å²) < 4.78 is 0. The number of urea groups is 1. The van der Waals surface area contributed by atoms with E-state index in [1.165, 1.54) is 0 Å². The first-order valence-corrected chi connectivity index (χ1v) is 6.29. The number of hydrogen-bond acceptors (Lipinski definition) is 4. The predicted octanol–water partition coefficient (Wildman–Crippen LogP) is 1.30. The van der Waals surface area contributed by atoms with E-state index in [0.717, 1.165) is 16.9 Å². The van der Waals surface area contributed by atoms with Gasteiger partial charge in [-0.15, -0.1) is 0 Å². The summed E-state index contributed by atoms with van der Waals surface area (Å²) in [7, 11) is 0. The molecule has 0 spiro atoms. The Bertz CT molecular complexity index is 756. The molecule has 2 heterocycles. The number of aromatic nitrogens is 2. The zero-order valence-corrected chi connectivity index (χ0v) is 11.4. The lowest BCUT2D eigenvalue weighted by Crippen LogP contribution is -2.40. The third-order valence-corrected chi connectivity index (χ3v) is 3.70. The second-order valence-corrected chi connectivity index (χ2v) is 5.13. The Balaban J connectivity index is 2.16. The minimum atomic E-state index is -1.06. The number of hydrogen-bond donors (Lipinski definition) is 2. The van der Waals surface area contributed by atoms with Crippen LogP contribution in [0.5, 0.6) is 0 Å². The summed E-state index contributed by atoms with van der Waals surface area (Å²) in [6.45, 7) is 5.46. The standard InChI is InChI=1S/C14H14N4O2/c1-7-8(2)16-11-6-9(4-5-10(11)15-7)14(3)12(19)17-13(20)18-14/h4-6H,1-3H3,(H2,17,18,19,20). The maximum Gasteiger partial charge on any atom is 0.322 e. The molecule has 1 saturated heterocycles. The van der Waals surface area contributed by atoms with Gasteiger partial charge in [0.15, 0.2) is 0 Å². The summed E-state index contributed by atoms with van der Waals surface area (Å²) >= 11 is 0. The fraction of sp³-hybridized carbons (Fsp3) is 0.286. The van der Waals surface area contributed by atoms with Gasteiger partial charge in [0.05, 0.1) is 22.4 Å². The fourth-order valence-electron chi connectivity index (χ4n) is 2.29. The predicted molar refractivity (Wildman–Crippen MR) is 73.0 cm³/mol. The van der Waals surface area contributed by atoms with Gasteiger partial charge in [-0.1, -0.05) is 6.07 Å². The Morgan fingerprint density at radius 1 is 1.05 bits per heavy atom. The molecule has 6 nitrogen and oxygen atoms in total. The molecular formula is C14H14N4O2. The molecule has 1 aliphatic rings. The zero-order chi connectivity index (χ0) is 14.5. The van der Waals surface area contributed by atoms with E-state index in [9.17, 15) is 9.59 Å². The normalized spacial score (nSPS) is 21.9. The van der Waals surface area contributed by atoms with Crippen LogP contribution in [0.15, 0.2) is 18.2 Å². The van der Waals surface area contributed by atoms with E-state index in [0.29, 0.717) is 11.1 Å². The van der Waals surface area contributed by atoms with E-state index in [2.05, 4.69) is 20.6 Å². The number of imide groups is 1. The molecule has 1 atom stereocenters. The second-order valence-electron chi connectivity index (χ2n) is 5.13. The van der Waals surface area contributed by atoms with Gasteiger partial charge in [0.2, 0.25) is 0 Å². The minimum Gasteiger partial charge on any atom is -0.320 e.